The molecule has 0 saturated carbocycles. The van der Waals surface area contributed by atoms with Gasteiger partial charge in [-0.2, -0.15) is 0 Å². The second kappa shape index (κ2) is 2.85. The van der Waals surface area contributed by atoms with Crippen LogP contribution in [0, 0.1) is 7.05 Å². The number of Topliss-reactive ketones (excluding diaryl/α,β-unsaturated/α-hetero) is 1. The Bertz CT molecular complexity index is 51.5. The first kappa shape index (κ1) is 5.63. The fourth-order valence-corrected chi connectivity index (χ4v) is 0.176. The van der Waals surface area contributed by atoms with Crippen molar-refractivity contribution in [3.8, 4) is 0 Å². The second-order valence-corrected chi connectivity index (χ2v) is 1.13. The molecule has 0 aliphatic heterocycles. The largest absolute Gasteiger partial charge is 0.309 e. The van der Waals surface area contributed by atoms with Crippen LogP contribution in [0.2, 0.25) is 0 Å². The molecule has 0 fully saturated rings. The van der Waals surface area contributed by atoms with E-state index in [4.69, 9.17) is 0 Å². The molecule has 0 atom stereocenters. The highest BCUT2D eigenvalue weighted by Crippen LogP contribution is 1.58. The predicted molar refractivity (Wildman–Crippen MR) is 24.0 cm³/mol. The molecule has 0 bridgehead atoms. The third-order valence-corrected chi connectivity index (χ3v) is 0.374. The Morgan fingerprint density at radius 3 is 2.50 bits per heavy atom. The summed E-state index contributed by atoms with van der Waals surface area (Å²) in [7, 11) is 3.26. The lowest BCUT2D eigenvalue weighted by Gasteiger charge is -1.84. The average Bonchev–Trinajstić information content (AvgIpc) is 1.35. The van der Waals surface area contributed by atoms with Crippen molar-refractivity contribution in [1.82, 2.24) is 5.32 Å². The maximum absolute atomic E-state index is 9.94. The Balaban J connectivity index is 2.83. The summed E-state index contributed by atoms with van der Waals surface area (Å²) in [5.74, 6) is 0.116. The van der Waals surface area contributed by atoms with Gasteiger partial charge in [-0.1, -0.05) is 0 Å². The van der Waals surface area contributed by atoms with Crippen LogP contribution >= 0.6 is 0 Å². The highest BCUT2D eigenvalue weighted by molar-refractivity contribution is 5.77. The SMILES string of the molecule is [CH2]NCC(C)=O. The van der Waals surface area contributed by atoms with Crippen molar-refractivity contribution in [1.29, 1.82) is 0 Å². The Morgan fingerprint density at radius 1 is 2.00 bits per heavy atom. The first-order valence-electron chi connectivity index (χ1n) is 1.76. The van der Waals surface area contributed by atoms with Gasteiger partial charge in [-0.3, -0.25) is 4.79 Å². The van der Waals surface area contributed by atoms with E-state index in [-0.39, 0.29) is 5.78 Å². The molecule has 0 rings (SSSR count). The normalized spacial score (nSPS) is 8.33. The molecular weight excluding hydrogens is 78.0 g/mol. The number of carbonyl (C=O) groups is 1. The van der Waals surface area contributed by atoms with Crippen LogP contribution in [0.3, 0.4) is 0 Å². The van der Waals surface area contributed by atoms with Crippen molar-refractivity contribution >= 4 is 5.78 Å². The van der Waals surface area contributed by atoms with Crippen LogP contribution in [-0.2, 0) is 4.79 Å². The van der Waals surface area contributed by atoms with Crippen molar-refractivity contribution in [2.75, 3.05) is 6.54 Å². The van der Waals surface area contributed by atoms with E-state index in [2.05, 4.69) is 12.4 Å². The van der Waals surface area contributed by atoms with Crippen LogP contribution < -0.4 is 5.32 Å². The van der Waals surface area contributed by atoms with Gasteiger partial charge in [0.2, 0.25) is 0 Å². The van der Waals surface area contributed by atoms with Gasteiger partial charge in [-0.15, -0.1) is 0 Å². The molecule has 0 saturated heterocycles. The van der Waals surface area contributed by atoms with E-state index in [1.165, 1.54) is 6.92 Å². The minimum Gasteiger partial charge on any atom is -0.309 e. The van der Waals surface area contributed by atoms with E-state index >= 15 is 0 Å². The van der Waals surface area contributed by atoms with Crippen LogP contribution in [0.5, 0.6) is 0 Å². The molecule has 0 aromatic carbocycles. The number of hydrogen-bond donors (Lipinski definition) is 1. The highest BCUT2D eigenvalue weighted by atomic mass is 16.1. The van der Waals surface area contributed by atoms with Gasteiger partial charge >= 0.3 is 0 Å². The molecule has 0 aromatic rings. The van der Waals surface area contributed by atoms with E-state index in [1.807, 2.05) is 0 Å². The van der Waals surface area contributed by atoms with Gasteiger partial charge in [-0.05, 0) is 6.92 Å². The molecule has 6 heavy (non-hydrogen) atoms. The Labute approximate surface area is 37.5 Å². The Kier molecular flexibility index (Phi) is 2.67. The first-order chi connectivity index (χ1) is 2.77. The minimum absolute atomic E-state index is 0.116. The molecule has 0 aliphatic rings. The summed E-state index contributed by atoms with van der Waals surface area (Å²) in [6, 6.07) is 0. The van der Waals surface area contributed by atoms with Gasteiger partial charge in [0, 0.05) is 7.05 Å². The fourth-order valence-electron chi connectivity index (χ4n) is 0.176. The summed E-state index contributed by atoms with van der Waals surface area (Å²) < 4.78 is 0. The van der Waals surface area contributed by atoms with E-state index < -0.39 is 0 Å². The maximum atomic E-state index is 9.94. The van der Waals surface area contributed by atoms with Crippen molar-refractivity contribution in [3.05, 3.63) is 7.05 Å². The van der Waals surface area contributed by atoms with Gasteiger partial charge in [0.25, 0.3) is 0 Å². The predicted octanol–water partition coefficient (Wildman–Crippen LogP) is -0.0434. The summed E-state index contributed by atoms with van der Waals surface area (Å²) in [6.45, 7) is 1.89. The summed E-state index contributed by atoms with van der Waals surface area (Å²) in [6.07, 6.45) is 0. The number of ketones is 1. The molecule has 1 N–H and O–H groups in total. The standard InChI is InChI=1S/C4H8NO/c1-4(6)3-5-2/h5H,2-3H2,1H3. The summed E-state index contributed by atoms with van der Waals surface area (Å²) in [5.41, 5.74) is 0. The monoisotopic (exact) mass is 86.1 g/mol. The average molecular weight is 86.1 g/mol. The molecule has 0 aromatic heterocycles. The number of nitrogens with one attached hydrogen (secondary N) is 1. The topological polar surface area (TPSA) is 29.1 Å². The van der Waals surface area contributed by atoms with Gasteiger partial charge < -0.3 is 5.32 Å². The lowest BCUT2D eigenvalue weighted by Crippen LogP contribution is -2.12. The lowest BCUT2D eigenvalue weighted by molar-refractivity contribution is -0.116. The zero-order valence-corrected chi connectivity index (χ0v) is 3.82. The molecule has 2 nitrogen and oxygen atoms in total. The Hall–Kier alpha value is -0.370. The lowest BCUT2D eigenvalue weighted by atomic mass is 10.5. The molecule has 35 valence electrons. The van der Waals surface area contributed by atoms with Crippen LogP contribution in [0.4, 0.5) is 0 Å². The highest BCUT2D eigenvalue weighted by Gasteiger charge is 1.82. The van der Waals surface area contributed by atoms with Crippen molar-refractivity contribution in [2.24, 2.45) is 0 Å². The van der Waals surface area contributed by atoms with Gasteiger partial charge in [-0.25, -0.2) is 0 Å². The van der Waals surface area contributed by atoms with Crippen LogP contribution in [0.1, 0.15) is 6.92 Å². The molecule has 1 radical (unpaired) electrons. The fraction of sp³-hybridized carbons (Fsp3) is 0.500. The zero-order valence-electron chi connectivity index (χ0n) is 3.82. The van der Waals surface area contributed by atoms with Gasteiger partial charge in [0.05, 0.1) is 6.54 Å². The first-order valence-corrected chi connectivity index (χ1v) is 1.76. The van der Waals surface area contributed by atoms with Gasteiger partial charge in [0.1, 0.15) is 5.78 Å². The van der Waals surface area contributed by atoms with Crippen LogP contribution in [0.25, 0.3) is 0 Å². The van der Waals surface area contributed by atoms with E-state index in [9.17, 15) is 4.79 Å². The second-order valence-electron chi connectivity index (χ2n) is 1.13. The van der Waals surface area contributed by atoms with Crippen LogP contribution in [0.15, 0.2) is 0 Å². The van der Waals surface area contributed by atoms with Gasteiger partial charge in [0.15, 0.2) is 0 Å². The third-order valence-electron chi connectivity index (χ3n) is 0.374. The Morgan fingerprint density at radius 2 is 2.50 bits per heavy atom. The molecular formula is C4H8NO. The molecule has 2 heteroatoms. The summed E-state index contributed by atoms with van der Waals surface area (Å²) in [5, 5.41) is 2.47. The van der Waals surface area contributed by atoms with Crippen molar-refractivity contribution < 1.29 is 4.79 Å². The maximum Gasteiger partial charge on any atom is 0.143 e. The molecule has 0 heterocycles. The van der Waals surface area contributed by atoms with Crippen LogP contribution in [-0.4, -0.2) is 12.3 Å². The molecule has 0 amide bonds. The van der Waals surface area contributed by atoms with E-state index in [1.54, 1.807) is 0 Å². The quantitative estimate of drug-likeness (QED) is 0.510. The van der Waals surface area contributed by atoms with E-state index in [0.717, 1.165) is 0 Å². The molecule has 0 unspecified atom stereocenters. The number of carbonyl (C=O) groups excluding carboxylic acids is 1. The minimum atomic E-state index is 0.116. The smallest absolute Gasteiger partial charge is 0.143 e. The number of rotatable bonds is 2. The molecule has 0 spiro atoms. The number of hydrogen-bond acceptors (Lipinski definition) is 2. The molecule has 0 aliphatic carbocycles. The summed E-state index contributed by atoms with van der Waals surface area (Å²) in [4.78, 5) is 9.94. The van der Waals surface area contributed by atoms with Crippen molar-refractivity contribution in [3.63, 3.8) is 0 Å². The zero-order chi connectivity index (χ0) is 4.99. The summed E-state index contributed by atoms with van der Waals surface area (Å²) >= 11 is 0. The van der Waals surface area contributed by atoms with E-state index in [0.29, 0.717) is 6.54 Å². The third kappa shape index (κ3) is 3.63. The van der Waals surface area contributed by atoms with Crippen molar-refractivity contribution in [2.45, 2.75) is 6.92 Å².